The van der Waals surface area contributed by atoms with E-state index in [1.54, 1.807) is 0 Å². The Morgan fingerprint density at radius 2 is 1.72 bits per heavy atom. The van der Waals surface area contributed by atoms with Crippen LogP contribution < -0.4 is 16.3 Å². The third kappa shape index (κ3) is 5.17. The van der Waals surface area contributed by atoms with Gasteiger partial charge in [0.2, 0.25) is 0 Å². The first-order valence-electron chi connectivity index (χ1n) is 9.34. The second-order valence-corrected chi connectivity index (χ2v) is 8.82. The largest absolute Gasteiger partial charge is 0.403 e. The van der Waals surface area contributed by atoms with E-state index >= 15 is 0 Å². The van der Waals surface area contributed by atoms with E-state index in [-0.39, 0.29) is 0 Å². The molecule has 17 heteroatoms. The molecule has 10 atom stereocenters. The van der Waals surface area contributed by atoms with Gasteiger partial charge in [0.05, 0.1) is 19.3 Å². The minimum absolute atomic E-state index is 0.696. The van der Waals surface area contributed by atoms with Gasteiger partial charge in [0.15, 0.2) is 12.5 Å². The Morgan fingerprint density at radius 3 is 2.34 bits per heavy atom. The molecular formula is C15H24N3O13P. The number of hydrogen-bond acceptors (Lipinski definition) is 12. The highest BCUT2D eigenvalue weighted by Crippen LogP contribution is 2.41. The molecule has 2 aliphatic heterocycles. The molecule has 0 aromatic carbocycles. The summed E-state index contributed by atoms with van der Waals surface area (Å²) < 4.78 is 28.1. The van der Waals surface area contributed by atoms with Crippen molar-refractivity contribution in [2.24, 2.45) is 0 Å². The topological polar surface area (TPSA) is 253 Å². The van der Waals surface area contributed by atoms with Gasteiger partial charge in [-0.25, -0.2) is 14.4 Å². The molecule has 3 rings (SSSR count). The molecule has 2 aliphatic rings. The van der Waals surface area contributed by atoms with Gasteiger partial charge in [0, 0.05) is 12.3 Å². The van der Waals surface area contributed by atoms with Gasteiger partial charge in [-0.3, -0.25) is 18.9 Å². The van der Waals surface area contributed by atoms with E-state index in [1.165, 1.54) is 0 Å². The molecule has 9 N–H and O–H groups in total. The summed E-state index contributed by atoms with van der Waals surface area (Å²) in [5.41, 5.74) is -1.62. The third-order valence-electron chi connectivity index (χ3n) is 5.09. The number of aliphatic hydroxyl groups is 6. The van der Waals surface area contributed by atoms with Gasteiger partial charge in [-0.05, 0) is 0 Å². The van der Waals surface area contributed by atoms with Crippen LogP contribution in [0.15, 0.2) is 21.9 Å². The Balaban J connectivity index is 1.63. The van der Waals surface area contributed by atoms with Crippen molar-refractivity contribution in [2.45, 2.75) is 55.2 Å². The Bertz CT molecular complexity index is 955. The monoisotopic (exact) mass is 485 g/mol. The number of H-pyrrole nitrogens is 1. The molecule has 182 valence electrons. The number of ether oxygens (including phenoxy) is 2. The first-order chi connectivity index (χ1) is 14.9. The molecule has 0 bridgehead atoms. The number of aliphatic hydroxyl groups excluding tert-OH is 6. The van der Waals surface area contributed by atoms with E-state index in [0.717, 1.165) is 16.8 Å². The summed E-state index contributed by atoms with van der Waals surface area (Å²) in [7, 11) is -4.81. The SMILES string of the molecule is O=c1ccn([C@@H]2O[C@H](COP(=O)(O)N[C@H]3C(O)O[C@H](CO)[C@@H](O)[C@@H]3O)[C@@H](O)[C@H]2O)c(=O)[nH]1. The summed E-state index contributed by atoms with van der Waals surface area (Å²) in [5.74, 6) is 0. The van der Waals surface area contributed by atoms with Crippen molar-refractivity contribution >= 4 is 7.75 Å². The van der Waals surface area contributed by atoms with Crippen molar-refractivity contribution in [3.8, 4) is 0 Å². The first-order valence-corrected chi connectivity index (χ1v) is 10.9. The summed E-state index contributed by atoms with van der Waals surface area (Å²) in [6.45, 7) is -1.51. The summed E-state index contributed by atoms with van der Waals surface area (Å²) in [5, 5.41) is 61.0. The third-order valence-corrected chi connectivity index (χ3v) is 6.21. The van der Waals surface area contributed by atoms with Gasteiger partial charge in [-0.15, -0.1) is 0 Å². The molecule has 0 aliphatic carbocycles. The lowest BCUT2D eigenvalue weighted by Crippen LogP contribution is -2.62. The molecule has 0 saturated carbocycles. The molecule has 0 radical (unpaired) electrons. The molecule has 2 fully saturated rings. The van der Waals surface area contributed by atoms with E-state index < -0.39 is 87.4 Å². The van der Waals surface area contributed by atoms with Crippen molar-refractivity contribution in [3.63, 3.8) is 0 Å². The Morgan fingerprint density at radius 1 is 1.06 bits per heavy atom. The smallest absolute Gasteiger partial charge is 0.394 e. The second-order valence-electron chi connectivity index (χ2n) is 7.26. The Labute approximate surface area is 178 Å². The zero-order valence-corrected chi connectivity index (χ0v) is 17.1. The quantitative estimate of drug-likeness (QED) is 0.164. The minimum Gasteiger partial charge on any atom is -0.394 e. The van der Waals surface area contributed by atoms with E-state index in [9.17, 15) is 44.6 Å². The Kier molecular flexibility index (Phi) is 7.66. The van der Waals surface area contributed by atoms with Crippen LogP contribution in [-0.4, -0.2) is 107 Å². The van der Waals surface area contributed by atoms with Crippen molar-refractivity contribution in [1.82, 2.24) is 14.6 Å². The molecule has 1 aromatic heterocycles. The molecular weight excluding hydrogens is 461 g/mol. The van der Waals surface area contributed by atoms with Crippen LogP contribution in [0.1, 0.15) is 6.23 Å². The van der Waals surface area contributed by atoms with Gasteiger partial charge in [-0.1, -0.05) is 0 Å². The van der Waals surface area contributed by atoms with E-state index in [2.05, 4.69) is 0 Å². The fourth-order valence-corrected chi connectivity index (χ4v) is 4.44. The molecule has 0 amide bonds. The van der Waals surface area contributed by atoms with Crippen LogP contribution in [0, 0.1) is 0 Å². The summed E-state index contributed by atoms with van der Waals surface area (Å²) in [6.07, 6.45) is -11.8. The van der Waals surface area contributed by atoms with E-state index in [4.69, 9.17) is 19.1 Å². The van der Waals surface area contributed by atoms with Crippen LogP contribution in [-0.2, 0) is 18.6 Å². The zero-order chi connectivity index (χ0) is 23.8. The number of hydrogen-bond donors (Lipinski definition) is 9. The van der Waals surface area contributed by atoms with Gasteiger partial charge in [0.1, 0.15) is 36.6 Å². The number of nitrogens with zero attached hydrogens (tertiary/aromatic N) is 1. The maximum Gasteiger partial charge on any atom is 0.403 e. The predicted molar refractivity (Wildman–Crippen MR) is 99.9 cm³/mol. The molecule has 1 aromatic rings. The first kappa shape index (κ1) is 25.1. The normalized spacial score (nSPS) is 39.7. The lowest BCUT2D eigenvalue weighted by molar-refractivity contribution is -0.252. The number of rotatable bonds is 7. The number of aromatic amines is 1. The maximum atomic E-state index is 12.3. The molecule has 32 heavy (non-hydrogen) atoms. The standard InChI is InChI=1S/C15H24N3O13P/c19-3-5-9(21)11(23)8(14(25)31-5)17-32(27,28)29-4-6-10(22)12(24)13(30-6)18-2-1-7(20)16-15(18)26/h1-2,5-6,8-14,19,21-25H,3-4H2,(H,16,20,26)(H2,17,27,28)/t5-,6-,8-,9-,10-,11-,12-,13-,14?/m1/s1. The fourth-order valence-electron chi connectivity index (χ4n) is 3.36. The highest BCUT2D eigenvalue weighted by atomic mass is 31.2. The van der Waals surface area contributed by atoms with Crippen LogP contribution in [0.2, 0.25) is 0 Å². The van der Waals surface area contributed by atoms with Crippen molar-refractivity contribution in [3.05, 3.63) is 33.1 Å². The molecule has 16 nitrogen and oxygen atoms in total. The lowest BCUT2D eigenvalue weighted by atomic mass is 9.98. The lowest BCUT2D eigenvalue weighted by Gasteiger charge is -2.40. The van der Waals surface area contributed by atoms with Gasteiger partial charge in [-0.2, -0.15) is 0 Å². The second kappa shape index (κ2) is 9.76. The maximum absolute atomic E-state index is 12.3. The van der Waals surface area contributed by atoms with Crippen LogP contribution in [0.25, 0.3) is 0 Å². The van der Waals surface area contributed by atoms with Crippen molar-refractivity contribution in [1.29, 1.82) is 0 Å². The number of aromatic nitrogens is 2. The minimum atomic E-state index is -4.81. The van der Waals surface area contributed by atoms with E-state index in [0.29, 0.717) is 0 Å². The fraction of sp³-hybridized carbons (Fsp3) is 0.733. The van der Waals surface area contributed by atoms with Crippen molar-refractivity contribution < 1.29 is 54.1 Å². The average molecular weight is 485 g/mol. The Hall–Kier alpha value is -1.53. The van der Waals surface area contributed by atoms with Crippen molar-refractivity contribution in [2.75, 3.05) is 13.2 Å². The highest BCUT2D eigenvalue weighted by Gasteiger charge is 2.48. The highest BCUT2D eigenvalue weighted by molar-refractivity contribution is 7.50. The predicted octanol–water partition coefficient (Wildman–Crippen LogP) is -5.34. The summed E-state index contributed by atoms with van der Waals surface area (Å²) in [6, 6.07) is -0.700. The van der Waals surface area contributed by atoms with Gasteiger partial charge < -0.3 is 45.0 Å². The van der Waals surface area contributed by atoms with E-state index in [1.807, 2.05) is 10.1 Å². The number of nitrogens with one attached hydrogen (secondary N) is 2. The van der Waals surface area contributed by atoms with Crippen LogP contribution >= 0.6 is 7.75 Å². The molecule has 3 heterocycles. The average Bonchev–Trinajstić information content (AvgIpc) is 3.01. The zero-order valence-electron chi connectivity index (χ0n) is 16.2. The summed E-state index contributed by atoms with van der Waals surface area (Å²) in [4.78, 5) is 35.0. The van der Waals surface area contributed by atoms with Crippen LogP contribution in [0.3, 0.4) is 0 Å². The molecule has 2 saturated heterocycles. The molecule has 0 spiro atoms. The molecule has 2 unspecified atom stereocenters. The van der Waals surface area contributed by atoms with Gasteiger partial charge >= 0.3 is 13.4 Å². The summed E-state index contributed by atoms with van der Waals surface area (Å²) >= 11 is 0. The van der Waals surface area contributed by atoms with Crippen LogP contribution in [0.4, 0.5) is 0 Å². The van der Waals surface area contributed by atoms with Crippen LogP contribution in [0.5, 0.6) is 0 Å². The van der Waals surface area contributed by atoms with Gasteiger partial charge in [0.25, 0.3) is 5.56 Å².